The van der Waals surface area contributed by atoms with E-state index in [1.165, 1.54) is 5.56 Å². The van der Waals surface area contributed by atoms with Crippen molar-refractivity contribution < 1.29 is 9.59 Å². The van der Waals surface area contributed by atoms with Crippen LogP contribution in [0.25, 0.3) is 0 Å². The molecule has 1 amide bonds. The molecule has 0 saturated carbocycles. The number of nitrogens with zero attached hydrogens (tertiary/aromatic N) is 3. The van der Waals surface area contributed by atoms with Gasteiger partial charge in [-0.2, -0.15) is 0 Å². The van der Waals surface area contributed by atoms with E-state index in [-0.39, 0.29) is 17.2 Å². The van der Waals surface area contributed by atoms with Gasteiger partial charge in [0, 0.05) is 61.5 Å². The molecule has 35 heavy (non-hydrogen) atoms. The maximum atomic E-state index is 13.3. The highest BCUT2D eigenvalue weighted by Gasteiger charge is 2.40. The second-order valence-electron chi connectivity index (χ2n) is 10.9. The fraction of sp³-hybridized carbons (Fsp3) is 0.533. The molecule has 0 aromatic heterocycles. The lowest BCUT2D eigenvalue weighted by Gasteiger charge is -2.52. The lowest BCUT2D eigenvalue weighted by atomic mass is 9.85. The number of carbonyl (C=O) groups is 2. The SMILES string of the molecule is CC(=O)c1ccc(C(C)N2CCN(C3(C)CCN(C(=O)c4c(C)cccc4C)CC3)CC2C)cc1. The van der Waals surface area contributed by atoms with Gasteiger partial charge in [-0.1, -0.05) is 42.5 Å². The first-order valence-electron chi connectivity index (χ1n) is 13.1. The van der Waals surface area contributed by atoms with E-state index < -0.39 is 0 Å². The molecule has 2 atom stereocenters. The van der Waals surface area contributed by atoms with Crippen molar-refractivity contribution >= 4 is 11.7 Å². The number of hydrogen-bond acceptors (Lipinski definition) is 4. The summed E-state index contributed by atoms with van der Waals surface area (Å²) >= 11 is 0. The van der Waals surface area contributed by atoms with E-state index in [4.69, 9.17) is 0 Å². The zero-order valence-electron chi connectivity index (χ0n) is 22.3. The summed E-state index contributed by atoms with van der Waals surface area (Å²) < 4.78 is 0. The molecule has 5 heteroatoms. The minimum absolute atomic E-state index is 0.112. The van der Waals surface area contributed by atoms with Gasteiger partial charge in [0.05, 0.1) is 0 Å². The van der Waals surface area contributed by atoms with Gasteiger partial charge in [0.15, 0.2) is 5.78 Å². The summed E-state index contributed by atoms with van der Waals surface area (Å²) in [4.78, 5) is 32.2. The number of Topliss-reactive ketones (excluding diaryl/α,β-unsaturated/α-hetero) is 1. The third-order valence-corrected chi connectivity index (χ3v) is 8.56. The van der Waals surface area contributed by atoms with Crippen molar-refractivity contribution in [3.63, 3.8) is 0 Å². The van der Waals surface area contributed by atoms with Crippen molar-refractivity contribution in [2.45, 2.75) is 72.0 Å². The highest BCUT2D eigenvalue weighted by atomic mass is 16.2. The van der Waals surface area contributed by atoms with Crippen molar-refractivity contribution in [2.75, 3.05) is 32.7 Å². The zero-order chi connectivity index (χ0) is 25.3. The molecule has 2 aliphatic rings. The minimum atomic E-state index is 0.112. The average molecular weight is 476 g/mol. The van der Waals surface area contributed by atoms with E-state index in [9.17, 15) is 9.59 Å². The van der Waals surface area contributed by atoms with Crippen LogP contribution in [0.4, 0.5) is 0 Å². The lowest BCUT2D eigenvalue weighted by molar-refractivity contribution is -0.0278. The molecule has 0 aliphatic carbocycles. The average Bonchev–Trinajstić information content (AvgIpc) is 2.84. The highest BCUT2D eigenvalue weighted by molar-refractivity contribution is 5.97. The van der Waals surface area contributed by atoms with Gasteiger partial charge in [0.25, 0.3) is 5.91 Å². The first-order chi connectivity index (χ1) is 16.6. The monoisotopic (exact) mass is 475 g/mol. The van der Waals surface area contributed by atoms with Crippen LogP contribution in [-0.2, 0) is 0 Å². The minimum Gasteiger partial charge on any atom is -0.338 e. The second-order valence-corrected chi connectivity index (χ2v) is 10.9. The van der Waals surface area contributed by atoms with Crippen molar-refractivity contribution in [3.8, 4) is 0 Å². The Kier molecular flexibility index (Phi) is 7.48. The van der Waals surface area contributed by atoms with E-state index >= 15 is 0 Å². The predicted octanol–water partition coefficient (Wildman–Crippen LogP) is 5.27. The Morgan fingerprint density at radius 2 is 1.54 bits per heavy atom. The number of piperazine rings is 1. The summed E-state index contributed by atoms with van der Waals surface area (Å²) in [5.41, 5.74) is 5.18. The van der Waals surface area contributed by atoms with Crippen LogP contribution in [0, 0.1) is 13.8 Å². The van der Waals surface area contributed by atoms with Crippen LogP contribution >= 0.6 is 0 Å². The topological polar surface area (TPSA) is 43.9 Å². The van der Waals surface area contributed by atoms with Gasteiger partial charge in [0.1, 0.15) is 0 Å². The number of benzene rings is 2. The van der Waals surface area contributed by atoms with Gasteiger partial charge < -0.3 is 4.90 Å². The van der Waals surface area contributed by atoms with Crippen molar-refractivity contribution in [1.82, 2.24) is 14.7 Å². The Bertz CT molecular complexity index is 1050. The van der Waals surface area contributed by atoms with Crippen LogP contribution in [0.15, 0.2) is 42.5 Å². The number of piperidine rings is 1. The smallest absolute Gasteiger partial charge is 0.254 e. The molecule has 2 unspecified atom stereocenters. The molecule has 4 rings (SSSR count). The summed E-state index contributed by atoms with van der Waals surface area (Å²) in [5, 5.41) is 0. The molecule has 2 aromatic rings. The van der Waals surface area contributed by atoms with Crippen molar-refractivity contribution in [3.05, 3.63) is 70.3 Å². The third-order valence-electron chi connectivity index (χ3n) is 8.56. The molecule has 2 aromatic carbocycles. The Morgan fingerprint density at radius 3 is 2.09 bits per heavy atom. The molecular formula is C30H41N3O2. The molecule has 5 nitrogen and oxygen atoms in total. The summed E-state index contributed by atoms with van der Waals surface area (Å²) in [6.07, 6.45) is 2.02. The molecule has 2 saturated heterocycles. The largest absolute Gasteiger partial charge is 0.338 e. The Balaban J connectivity index is 1.36. The van der Waals surface area contributed by atoms with E-state index in [1.54, 1.807) is 6.92 Å². The lowest BCUT2D eigenvalue weighted by Crippen LogP contribution is -2.62. The maximum Gasteiger partial charge on any atom is 0.254 e. The number of rotatable bonds is 5. The normalized spacial score (nSPS) is 22.1. The van der Waals surface area contributed by atoms with E-state index in [0.717, 1.165) is 67.8 Å². The molecular weight excluding hydrogens is 434 g/mol. The zero-order valence-corrected chi connectivity index (χ0v) is 22.3. The van der Waals surface area contributed by atoms with Gasteiger partial charge in [-0.15, -0.1) is 0 Å². The van der Waals surface area contributed by atoms with Gasteiger partial charge >= 0.3 is 0 Å². The van der Waals surface area contributed by atoms with Gasteiger partial charge in [-0.05, 0) is 71.1 Å². The number of hydrogen-bond donors (Lipinski definition) is 0. The Labute approximate surface area is 211 Å². The van der Waals surface area contributed by atoms with Crippen LogP contribution in [0.5, 0.6) is 0 Å². The first-order valence-corrected chi connectivity index (χ1v) is 13.1. The summed E-state index contributed by atoms with van der Waals surface area (Å²) in [6.45, 7) is 17.4. The first kappa shape index (κ1) is 25.6. The maximum absolute atomic E-state index is 13.3. The fourth-order valence-electron chi connectivity index (χ4n) is 6.04. The third kappa shape index (κ3) is 5.22. The van der Waals surface area contributed by atoms with Crippen LogP contribution < -0.4 is 0 Å². The molecule has 0 spiro atoms. The van der Waals surface area contributed by atoms with Crippen molar-refractivity contribution in [2.24, 2.45) is 0 Å². The van der Waals surface area contributed by atoms with Crippen LogP contribution in [0.2, 0.25) is 0 Å². The molecule has 0 radical (unpaired) electrons. The van der Waals surface area contributed by atoms with E-state index in [1.807, 2.05) is 44.2 Å². The van der Waals surface area contributed by atoms with Gasteiger partial charge in [0.2, 0.25) is 0 Å². The number of carbonyl (C=O) groups excluding carboxylic acids is 2. The number of amides is 1. The Morgan fingerprint density at radius 1 is 0.943 bits per heavy atom. The quantitative estimate of drug-likeness (QED) is 0.553. The summed E-state index contributed by atoms with van der Waals surface area (Å²) in [6, 6.07) is 15.0. The number of likely N-dealkylation sites (tertiary alicyclic amines) is 1. The van der Waals surface area contributed by atoms with Crippen LogP contribution in [-0.4, -0.2) is 70.7 Å². The molecule has 188 valence electrons. The molecule has 0 bridgehead atoms. The predicted molar refractivity (Wildman–Crippen MR) is 142 cm³/mol. The summed E-state index contributed by atoms with van der Waals surface area (Å²) in [5.74, 6) is 0.298. The van der Waals surface area contributed by atoms with Gasteiger partial charge in [-0.3, -0.25) is 19.4 Å². The number of aryl methyl sites for hydroxylation is 2. The molecule has 0 N–H and O–H groups in total. The summed E-state index contributed by atoms with van der Waals surface area (Å²) in [7, 11) is 0. The Hall–Kier alpha value is -2.50. The highest BCUT2D eigenvalue weighted by Crippen LogP contribution is 2.34. The second kappa shape index (κ2) is 10.2. The van der Waals surface area contributed by atoms with Crippen molar-refractivity contribution in [1.29, 1.82) is 0 Å². The van der Waals surface area contributed by atoms with Gasteiger partial charge in [-0.25, -0.2) is 0 Å². The molecule has 2 heterocycles. The van der Waals surface area contributed by atoms with E-state index in [0.29, 0.717) is 12.1 Å². The molecule has 2 aliphatic heterocycles. The van der Waals surface area contributed by atoms with E-state index in [2.05, 4.69) is 47.6 Å². The number of ketones is 1. The van der Waals surface area contributed by atoms with Crippen LogP contribution in [0.3, 0.4) is 0 Å². The standard InChI is InChI=1S/C30H41N3O2/c1-21-8-7-9-22(2)28(21)29(35)31-16-14-30(6,15-17-31)32-18-19-33(23(3)20-32)24(4)26-10-12-27(13-11-26)25(5)34/h7-13,23-24H,14-20H2,1-6H3. The fourth-order valence-corrected chi connectivity index (χ4v) is 6.04. The molecule has 2 fully saturated rings. The van der Waals surface area contributed by atoms with Crippen LogP contribution in [0.1, 0.15) is 84.0 Å².